The van der Waals surface area contributed by atoms with Gasteiger partial charge in [0.25, 0.3) is 5.69 Å². The molecule has 1 N–H and O–H groups in total. The summed E-state index contributed by atoms with van der Waals surface area (Å²) in [4.78, 5) is 38.2. The number of H-pyrrole nitrogens is 1. The van der Waals surface area contributed by atoms with Crippen molar-refractivity contribution in [2.24, 2.45) is 0 Å². The number of ether oxygens (including phenoxy) is 2. The molecular weight excluding hydrogens is 364 g/mol. The van der Waals surface area contributed by atoms with Crippen molar-refractivity contribution >= 4 is 34.1 Å². The molecular formula is C20H16N2O6. The van der Waals surface area contributed by atoms with Crippen LogP contribution in [0.25, 0.3) is 27.7 Å². The number of hydrogen-bond acceptors (Lipinski definition) is 6. The van der Waals surface area contributed by atoms with Gasteiger partial charge in [-0.2, -0.15) is 0 Å². The lowest BCUT2D eigenvalue weighted by Gasteiger charge is -2.08. The van der Waals surface area contributed by atoms with Gasteiger partial charge in [-0.3, -0.25) is 10.1 Å². The molecule has 0 fully saturated rings. The maximum absolute atomic E-state index is 12.5. The van der Waals surface area contributed by atoms with Gasteiger partial charge < -0.3 is 14.5 Å². The zero-order chi connectivity index (χ0) is 20.3. The molecule has 0 aliphatic heterocycles. The number of carbonyl (C=O) groups excluding carboxylic acids is 2. The van der Waals surface area contributed by atoms with Gasteiger partial charge in [0.1, 0.15) is 0 Å². The highest BCUT2D eigenvalue weighted by molar-refractivity contribution is 6.25. The fourth-order valence-electron chi connectivity index (χ4n) is 2.91. The normalized spacial score (nSPS) is 11.3. The number of methoxy groups -OCH3 is 2. The molecule has 0 unspecified atom stereocenters. The van der Waals surface area contributed by atoms with E-state index in [9.17, 15) is 19.7 Å². The number of nitro groups is 1. The fraction of sp³-hybridized carbons (Fsp3) is 0.100. The van der Waals surface area contributed by atoms with Gasteiger partial charge in [-0.25, -0.2) is 9.59 Å². The van der Waals surface area contributed by atoms with Crippen LogP contribution < -0.4 is 0 Å². The molecule has 0 aliphatic carbocycles. The second-order valence-corrected chi connectivity index (χ2v) is 5.80. The number of aromatic nitrogens is 1. The Balaban J connectivity index is 2.40. The minimum Gasteiger partial charge on any atom is -0.466 e. The van der Waals surface area contributed by atoms with Crippen LogP contribution in [0.2, 0.25) is 0 Å². The first-order valence-corrected chi connectivity index (χ1v) is 8.20. The van der Waals surface area contributed by atoms with E-state index in [4.69, 9.17) is 4.74 Å². The van der Waals surface area contributed by atoms with E-state index in [1.165, 1.54) is 26.4 Å². The van der Waals surface area contributed by atoms with Crippen molar-refractivity contribution in [3.05, 3.63) is 70.3 Å². The number of hydrogen-bond donors (Lipinski definition) is 1. The van der Waals surface area contributed by atoms with E-state index >= 15 is 0 Å². The lowest BCUT2D eigenvalue weighted by Crippen LogP contribution is -2.08. The van der Waals surface area contributed by atoms with Crippen LogP contribution in [0.3, 0.4) is 0 Å². The first kappa shape index (κ1) is 18.8. The minimum atomic E-state index is -0.769. The van der Waals surface area contributed by atoms with E-state index in [1.807, 2.05) is 30.3 Å². The third-order valence-corrected chi connectivity index (χ3v) is 4.19. The second-order valence-electron chi connectivity index (χ2n) is 5.80. The van der Waals surface area contributed by atoms with Gasteiger partial charge in [0.05, 0.1) is 30.4 Å². The van der Waals surface area contributed by atoms with Crippen LogP contribution in [0.15, 0.2) is 54.6 Å². The van der Waals surface area contributed by atoms with Gasteiger partial charge in [0, 0.05) is 34.7 Å². The molecule has 1 aromatic heterocycles. The molecule has 0 radical (unpaired) electrons. The van der Waals surface area contributed by atoms with Gasteiger partial charge in [-0.1, -0.05) is 30.3 Å². The zero-order valence-electron chi connectivity index (χ0n) is 15.1. The minimum absolute atomic E-state index is 0.0695. The summed E-state index contributed by atoms with van der Waals surface area (Å²) in [6.07, 6.45) is 1.01. The molecule has 8 nitrogen and oxygen atoms in total. The number of carbonyl (C=O) groups is 2. The van der Waals surface area contributed by atoms with E-state index in [1.54, 1.807) is 6.07 Å². The zero-order valence-corrected chi connectivity index (χ0v) is 15.1. The van der Waals surface area contributed by atoms with Crippen LogP contribution >= 0.6 is 0 Å². The Hall–Kier alpha value is -3.94. The highest BCUT2D eigenvalue weighted by Crippen LogP contribution is 2.37. The van der Waals surface area contributed by atoms with Crippen molar-refractivity contribution in [1.29, 1.82) is 0 Å². The highest BCUT2D eigenvalue weighted by Gasteiger charge is 2.25. The molecule has 2 aromatic carbocycles. The summed E-state index contributed by atoms with van der Waals surface area (Å²) in [5.74, 6) is -1.52. The Morgan fingerprint density at radius 1 is 1.07 bits per heavy atom. The Morgan fingerprint density at radius 2 is 1.79 bits per heavy atom. The van der Waals surface area contributed by atoms with E-state index < -0.39 is 16.9 Å². The van der Waals surface area contributed by atoms with Crippen molar-refractivity contribution in [2.45, 2.75) is 0 Å². The maximum atomic E-state index is 12.5. The van der Waals surface area contributed by atoms with E-state index in [0.29, 0.717) is 22.2 Å². The van der Waals surface area contributed by atoms with Gasteiger partial charge in [0.15, 0.2) is 0 Å². The molecule has 0 aliphatic rings. The molecule has 8 heteroatoms. The van der Waals surface area contributed by atoms with Crippen LogP contribution in [0, 0.1) is 10.1 Å². The van der Waals surface area contributed by atoms with Crippen LogP contribution in [-0.2, 0) is 19.1 Å². The second kappa shape index (κ2) is 7.75. The van der Waals surface area contributed by atoms with E-state index in [2.05, 4.69) is 9.72 Å². The number of esters is 2. The Morgan fingerprint density at radius 3 is 2.39 bits per heavy atom. The molecule has 0 amide bonds. The average molecular weight is 380 g/mol. The average Bonchev–Trinajstić information content (AvgIpc) is 3.10. The standard InChI is InChI=1S/C20H16N2O6/c1-27-17(23)11-15(20(24)28-2)18-14-10-13(22(25)26)8-9-16(14)21-19(18)12-6-4-3-5-7-12/h3-11,21H,1-2H3/b15-11-. The molecule has 1 heterocycles. The Labute approximate surface area is 159 Å². The summed E-state index contributed by atoms with van der Waals surface area (Å²) in [5.41, 5.74) is 1.93. The molecule has 3 rings (SSSR count). The largest absolute Gasteiger partial charge is 0.466 e. The van der Waals surface area contributed by atoms with Crippen LogP contribution in [0.4, 0.5) is 5.69 Å². The third-order valence-electron chi connectivity index (χ3n) is 4.19. The molecule has 0 bridgehead atoms. The number of fused-ring (bicyclic) bond motifs is 1. The number of nitro benzene ring substituents is 1. The monoisotopic (exact) mass is 380 g/mol. The summed E-state index contributed by atoms with van der Waals surface area (Å²) in [5, 5.41) is 11.6. The Kier molecular flexibility index (Phi) is 5.21. The number of aromatic amines is 1. The van der Waals surface area contributed by atoms with E-state index in [-0.39, 0.29) is 11.3 Å². The van der Waals surface area contributed by atoms with Gasteiger partial charge in [-0.15, -0.1) is 0 Å². The van der Waals surface area contributed by atoms with Crippen LogP contribution in [0.1, 0.15) is 5.56 Å². The first-order valence-electron chi connectivity index (χ1n) is 8.20. The summed E-state index contributed by atoms with van der Waals surface area (Å²) >= 11 is 0. The molecule has 142 valence electrons. The highest BCUT2D eigenvalue weighted by atomic mass is 16.6. The predicted molar refractivity (Wildman–Crippen MR) is 102 cm³/mol. The molecule has 0 atom stereocenters. The smallest absolute Gasteiger partial charge is 0.338 e. The van der Waals surface area contributed by atoms with Crippen molar-refractivity contribution < 1.29 is 24.0 Å². The van der Waals surface area contributed by atoms with Gasteiger partial charge in [-0.05, 0) is 11.6 Å². The summed E-state index contributed by atoms with van der Waals surface area (Å²) in [6.45, 7) is 0. The van der Waals surface area contributed by atoms with Crippen molar-refractivity contribution in [3.8, 4) is 11.3 Å². The molecule has 0 saturated carbocycles. The number of benzene rings is 2. The summed E-state index contributed by atoms with van der Waals surface area (Å²) in [7, 11) is 2.37. The topological polar surface area (TPSA) is 112 Å². The van der Waals surface area contributed by atoms with Crippen molar-refractivity contribution in [2.75, 3.05) is 14.2 Å². The number of nitrogens with one attached hydrogen (secondary N) is 1. The first-order chi connectivity index (χ1) is 13.5. The van der Waals surface area contributed by atoms with Crippen LogP contribution in [0.5, 0.6) is 0 Å². The summed E-state index contributed by atoms with van der Waals surface area (Å²) < 4.78 is 9.49. The van der Waals surface area contributed by atoms with Crippen molar-refractivity contribution in [1.82, 2.24) is 4.98 Å². The van der Waals surface area contributed by atoms with E-state index in [0.717, 1.165) is 11.6 Å². The van der Waals surface area contributed by atoms with Crippen LogP contribution in [-0.4, -0.2) is 36.1 Å². The Bertz CT molecular complexity index is 1100. The lowest BCUT2D eigenvalue weighted by molar-refractivity contribution is -0.384. The molecule has 28 heavy (non-hydrogen) atoms. The van der Waals surface area contributed by atoms with Crippen molar-refractivity contribution in [3.63, 3.8) is 0 Å². The fourth-order valence-corrected chi connectivity index (χ4v) is 2.91. The third kappa shape index (κ3) is 3.48. The maximum Gasteiger partial charge on any atom is 0.338 e. The SMILES string of the molecule is COC(=O)/C=C(\C(=O)OC)c1c(-c2ccccc2)[nH]c2ccc([N+](=O)[O-])cc12. The van der Waals surface area contributed by atoms with Gasteiger partial charge >= 0.3 is 11.9 Å². The molecule has 0 saturated heterocycles. The predicted octanol–water partition coefficient (Wildman–Crippen LogP) is 3.47. The quantitative estimate of drug-likeness (QED) is 0.314. The number of nitrogens with zero attached hydrogens (tertiary/aromatic N) is 1. The number of non-ortho nitro benzene ring substituents is 1. The summed E-state index contributed by atoms with van der Waals surface area (Å²) in [6, 6.07) is 13.4. The number of rotatable bonds is 5. The molecule has 3 aromatic rings. The molecule has 0 spiro atoms. The van der Waals surface area contributed by atoms with Gasteiger partial charge in [0.2, 0.25) is 0 Å². The lowest BCUT2D eigenvalue weighted by atomic mass is 9.97.